The Labute approximate surface area is 230 Å². The van der Waals surface area contributed by atoms with E-state index in [2.05, 4.69) is 30.5 Å². The van der Waals surface area contributed by atoms with Gasteiger partial charge >= 0.3 is 0 Å². The average Bonchev–Trinajstić information content (AvgIpc) is 3.21. The lowest BCUT2D eigenvalue weighted by Gasteiger charge is -2.22. The maximum absolute atomic E-state index is 5.98. The van der Waals surface area contributed by atoms with E-state index in [1.807, 2.05) is 42.5 Å². The summed E-state index contributed by atoms with van der Waals surface area (Å²) in [7, 11) is 0. The molecule has 1 aliphatic rings. The third-order valence-corrected chi connectivity index (χ3v) is 7.11. The Bertz CT molecular complexity index is 1330. The van der Waals surface area contributed by atoms with E-state index in [1.165, 1.54) is 24.6 Å². The lowest BCUT2D eigenvalue weighted by molar-refractivity contribution is 0.516. The van der Waals surface area contributed by atoms with Crippen LogP contribution in [0.25, 0.3) is 11.3 Å². The minimum atomic E-state index is 0.407. The second kappa shape index (κ2) is 12.4. The Morgan fingerprint density at radius 2 is 1.76 bits per heavy atom. The summed E-state index contributed by atoms with van der Waals surface area (Å²) in [5, 5.41) is 8.80. The molecule has 3 aromatic heterocycles. The summed E-state index contributed by atoms with van der Waals surface area (Å²) in [6.07, 6.45) is 8.23. The normalized spacial score (nSPS) is 13.7. The largest absolute Gasteiger partial charge is 0.459 e. The number of anilines is 2. The van der Waals surface area contributed by atoms with Crippen LogP contribution in [0.15, 0.2) is 75.5 Å². The van der Waals surface area contributed by atoms with Gasteiger partial charge in [0.1, 0.15) is 22.4 Å². The maximum Gasteiger partial charge on any atom is 0.232 e. The van der Waals surface area contributed by atoms with Crippen LogP contribution in [-0.4, -0.2) is 38.1 Å². The molecule has 0 saturated carbocycles. The van der Waals surface area contributed by atoms with E-state index >= 15 is 0 Å². The first-order valence-corrected chi connectivity index (χ1v) is 13.7. The number of rotatable bonds is 7. The van der Waals surface area contributed by atoms with Gasteiger partial charge in [-0.15, -0.1) is 0 Å². The molecule has 0 unspecified atom stereocenters. The summed E-state index contributed by atoms with van der Waals surface area (Å²) in [5.74, 6) is 2.83. The second-order valence-corrected chi connectivity index (χ2v) is 10.3. The van der Waals surface area contributed by atoms with Gasteiger partial charge in [-0.2, -0.15) is 4.98 Å². The molecule has 0 bridgehead atoms. The third-order valence-electron chi connectivity index (χ3n) is 5.80. The van der Waals surface area contributed by atoms with Crippen molar-refractivity contribution in [3.05, 3.63) is 71.7 Å². The summed E-state index contributed by atoms with van der Waals surface area (Å²) in [5.41, 5.74) is 0.961. The molecule has 0 atom stereocenters. The van der Waals surface area contributed by atoms with Gasteiger partial charge in [-0.25, -0.2) is 15.0 Å². The highest BCUT2D eigenvalue weighted by Crippen LogP contribution is 2.28. The van der Waals surface area contributed by atoms with E-state index in [0.717, 1.165) is 53.9 Å². The van der Waals surface area contributed by atoms with E-state index < -0.39 is 0 Å². The SMILES string of the molecule is S=C(NCc1ccc(-c2ccc(Cl)cc2)o1)Nc1nc(Sc2ncccn2)cc(N2CCCCCC2)n1. The Morgan fingerprint density at radius 1 is 1.00 bits per heavy atom. The quantitative estimate of drug-likeness (QED) is 0.157. The van der Waals surface area contributed by atoms with Gasteiger partial charge in [0.2, 0.25) is 5.95 Å². The molecule has 5 rings (SSSR count). The van der Waals surface area contributed by atoms with Gasteiger partial charge in [0, 0.05) is 42.1 Å². The summed E-state index contributed by atoms with van der Waals surface area (Å²) in [6.45, 7) is 2.36. The third kappa shape index (κ3) is 7.18. The van der Waals surface area contributed by atoms with Crippen LogP contribution in [-0.2, 0) is 6.54 Å². The highest BCUT2D eigenvalue weighted by atomic mass is 35.5. The molecule has 37 heavy (non-hydrogen) atoms. The molecule has 2 N–H and O–H groups in total. The molecule has 0 aliphatic carbocycles. The molecule has 0 radical (unpaired) electrons. The summed E-state index contributed by atoms with van der Waals surface area (Å²) in [6, 6.07) is 15.2. The number of thiocarbonyl (C=S) groups is 1. The second-order valence-electron chi connectivity index (χ2n) is 8.50. The van der Waals surface area contributed by atoms with Crippen molar-refractivity contribution in [2.45, 2.75) is 42.4 Å². The average molecular weight is 552 g/mol. The van der Waals surface area contributed by atoms with Crippen molar-refractivity contribution in [2.75, 3.05) is 23.3 Å². The van der Waals surface area contributed by atoms with Crippen LogP contribution in [0.5, 0.6) is 0 Å². The number of nitrogens with zero attached hydrogens (tertiary/aromatic N) is 5. The van der Waals surface area contributed by atoms with Gasteiger partial charge in [-0.05, 0) is 79.3 Å². The first-order valence-electron chi connectivity index (χ1n) is 12.1. The van der Waals surface area contributed by atoms with Gasteiger partial charge < -0.3 is 20.0 Å². The molecule has 4 heterocycles. The van der Waals surface area contributed by atoms with Crippen molar-refractivity contribution >= 4 is 52.5 Å². The highest BCUT2D eigenvalue weighted by molar-refractivity contribution is 7.99. The van der Waals surface area contributed by atoms with Crippen LogP contribution in [0.1, 0.15) is 31.4 Å². The number of halogens is 1. The van der Waals surface area contributed by atoms with Crippen LogP contribution in [0.2, 0.25) is 5.02 Å². The van der Waals surface area contributed by atoms with Crippen molar-refractivity contribution < 1.29 is 4.42 Å². The molecule has 1 saturated heterocycles. The van der Waals surface area contributed by atoms with Crippen molar-refractivity contribution in [1.29, 1.82) is 0 Å². The number of aromatic nitrogens is 4. The lowest BCUT2D eigenvalue weighted by Crippen LogP contribution is -2.30. The standard InChI is InChI=1S/C26H26ClN7OS2/c27-19-8-6-18(7-9-19)21-11-10-20(35-21)17-30-25(36)33-24-31-22(34-14-3-1-2-4-15-34)16-23(32-24)37-26-28-12-5-13-29-26/h5-13,16H,1-4,14-15,17H2,(H2,30,31,32,33,36). The Hall–Kier alpha value is -3.21. The van der Waals surface area contributed by atoms with Crippen LogP contribution in [0, 0.1) is 0 Å². The topological polar surface area (TPSA) is 92.0 Å². The van der Waals surface area contributed by atoms with E-state index in [-0.39, 0.29) is 0 Å². The van der Waals surface area contributed by atoms with E-state index in [0.29, 0.717) is 27.8 Å². The Morgan fingerprint density at radius 3 is 2.51 bits per heavy atom. The number of nitrogens with one attached hydrogen (secondary N) is 2. The van der Waals surface area contributed by atoms with Gasteiger partial charge in [0.05, 0.1) is 6.54 Å². The van der Waals surface area contributed by atoms with Crippen LogP contribution in [0.3, 0.4) is 0 Å². The smallest absolute Gasteiger partial charge is 0.232 e. The molecule has 11 heteroatoms. The van der Waals surface area contributed by atoms with E-state index in [9.17, 15) is 0 Å². The molecule has 1 aromatic carbocycles. The molecule has 1 aliphatic heterocycles. The first kappa shape index (κ1) is 25.4. The molecular weight excluding hydrogens is 526 g/mol. The molecule has 0 spiro atoms. The van der Waals surface area contributed by atoms with Crippen molar-refractivity contribution in [3.63, 3.8) is 0 Å². The number of benzene rings is 1. The van der Waals surface area contributed by atoms with Crippen molar-refractivity contribution in [1.82, 2.24) is 25.3 Å². The monoisotopic (exact) mass is 551 g/mol. The maximum atomic E-state index is 5.98. The summed E-state index contributed by atoms with van der Waals surface area (Å²) < 4.78 is 5.96. The summed E-state index contributed by atoms with van der Waals surface area (Å²) >= 11 is 12.9. The molecule has 0 amide bonds. The molecule has 8 nitrogen and oxygen atoms in total. The molecule has 4 aromatic rings. The van der Waals surface area contributed by atoms with E-state index in [4.69, 9.17) is 33.2 Å². The van der Waals surface area contributed by atoms with Crippen LogP contribution in [0.4, 0.5) is 11.8 Å². The predicted octanol–water partition coefficient (Wildman–Crippen LogP) is 6.20. The number of hydrogen-bond acceptors (Lipinski definition) is 8. The minimum absolute atomic E-state index is 0.407. The van der Waals surface area contributed by atoms with Gasteiger partial charge in [0.25, 0.3) is 0 Å². The van der Waals surface area contributed by atoms with Crippen molar-refractivity contribution in [3.8, 4) is 11.3 Å². The predicted molar refractivity (Wildman–Crippen MR) is 151 cm³/mol. The minimum Gasteiger partial charge on any atom is -0.459 e. The van der Waals surface area contributed by atoms with Gasteiger partial charge in [0.15, 0.2) is 10.3 Å². The zero-order chi connectivity index (χ0) is 25.5. The fraction of sp³-hybridized carbons (Fsp3) is 0.269. The molecule has 1 fully saturated rings. The summed E-state index contributed by atoms with van der Waals surface area (Å²) in [4.78, 5) is 20.4. The van der Waals surface area contributed by atoms with Gasteiger partial charge in [-0.3, -0.25) is 0 Å². The van der Waals surface area contributed by atoms with Crippen LogP contribution >= 0.6 is 35.6 Å². The zero-order valence-corrected chi connectivity index (χ0v) is 22.5. The molecular formula is C26H26ClN7OS2. The van der Waals surface area contributed by atoms with E-state index in [1.54, 1.807) is 18.5 Å². The Balaban J connectivity index is 1.27. The highest BCUT2D eigenvalue weighted by Gasteiger charge is 2.16. The fourth-order valence-corrected chi connectivity index (χ4v) is 4.97. The van der Waals surface area contributed by atoms with Gasteiger partial charge in [-0.1, -0.05) is 24.4 Å². The lowest BCUT2D eigenvalue weighted by atomic mass is 10.2. The number of hydrogen-bond donors (Lipinski definition) is 2. The molecule has 190 valence electrons. The first-order chi connectivity index (χ1) is 18.1. The zero-order valence-electron chi connectivity index (χ0n) is 20.1. The Kier molecular flexibility index (Phi) is 8.49. The van der Waals surface area contributed by atoms with Crippen molar-refractivity contribution in [2.24, 2.45) is 0 Å². The van der Waals surface area contributed by atoms with Crippen LogP contribution < -0.4 is 15.5 Å². The fourth-order valence-electron chi connectivity index (χ4n) is 3.97. The number of furan rings is 1.